The quantitative estimate of drug-likeness (QED) is 0.775. The summed E-state index contributed by atoms with van der Waals surface area (Å²) >= 11 is 0. The third-order valence-corrected chi connectivity index (χ3v) is 2.51. The maximum absolute atomic E-state index is 5.30. The molecule has 0 radical (unpaired) electrons. The van der Waals surface area contributed by atoms with E-state index in [0.717, 1.165) is 13.0 Å². The van der Waals surface area contributed by atoms with Crippen LogP contribution in [0.15, 0.2) is 0 Å². The maximum atomic E-state index is 5.30. The molecular formula is C10H18N6O. The highest BCUT2D eigenvalue weighted by molar-refractivity contribution is 5.43. The number of hydrogen-bond acceptors (Lipinski definition) is 7. The largest absolute Gasteiger partial charge is 0.379 e. The second kappa shape index (κ2) is 5.13. The highest BCUT2D eigenvalue weighted by atomic mass is 16.5. The Morgan fingerprint density at radius 1 is 1.24 bits per heavy atom. The molecule has 1 atom stereocenters. The summed E-state index contributed by atoms with van der Waals surface area (Å²) in [4.78, 5) is 14.7. The van der Waals surface area contributed by atoms with Gasteiger partial charge in [-0.25, -0.2) is 0 Å². The molecule has 0 bridgehead atoms. The van der Waals surface area contributed by atoms with E-state index in [1.165, 1.54) is 0 Å². The van der Waals surface area contributed by atoms with Crippen LogP contribution in [0.1, 0.15) is 6.42 Å². The second-order valence-electron chi connectivity index (χ2n) is 4.13. The summed E-state index contributed by atoms with van der Waals surface area (Å²) in [5.41, 5.74) is 0. The van der Waals surface area contributed by atoms with Crippen LogP contribution in [-0.2, 0) is 4.74 Å². The molecule has 0 amide bonds. The van der Waals surface area contributed by atoms with Gasteiger partial charge in [-0.1, -0.05) is 0 Å². The van der Waals surface area contributed by atoms with Crippen LogP contribution in [0.2, 0.25) is 0 Å². The smallest absolute Gasteiger partial charge is 0.231 e. The molecular weight excluding hydrogens is 220 g/mol. The lowest BCUT2D eigenvalue weighted by Gasteiger charge is -2.15. The van der Waals surface area contributed by atoms with Gasteiger partial charge in [-0.15, -0.1) is 0 Å². The molecule has 0 spiro atoms. The van der Waals surface area contributed by atoms with E-state index in [-0.39, 0.29) is 6.04 Å². The van der Waals surface area contributed by atoms with Crippen LogP contribution >= 0.6 is 0 Å². The topological polar surface area (TPSA) is 75.2 Å². The minimum Gasteiger partial charge on any atom is -0.379 e. The Morgan fingerprint density at radius 3 is 2.59 bits per heavy atom. The molecule has 0 aromatic carbocycles. The summed E-state index contributed by atoms with van der Waals surface area (Å²) in [5, 5.41) is 6.18. The number of aromatic nitrogens is 3. The highest BCUT2D eigenvalue weighted by Gasteiger charge is 2.17. The lowest BCUT2D eigenvalue weighted by atomic mass is 10.3. The van der Waals surface area contributed by atoms with Gasteiger partial charge in [0.05, 0.1) is 12.6 Å². The zero-order valence-electron chi connectivity index (χ0n) is 10.4. The van der Waals surface area contributed by atoms with Crippen molar-refractivity contribution in [3.8, 4) is 0 Å². The van der Waals surface area contributed by atoms with Gasteiger partial charge in [-0.2, -0.15) is 15.0 Å². The molecule has 1 unspecified atom stereocenters. The van der Waals surface area contributed by atoms with Crippen molar-refractivity contribution in [3.05, 3.63) is 0 Å². The lowest BCUT2D eigenvalue weighted by Crippen LogP contribution is -2.23. The monoisotopic (exact) mass is 238 g/mol. The molecule has 1 aromatic heterocycles. The molecule has 1 aliphatic rings. The van der Waals surface area contributed by atoms with Crippen LogP contribution in [0.25, 0.3) is 0 Å². The lowest BCUT2D eigenvalue weighted by molar-refractivity contribution is 0.195. The van der Waals surface area contributed by atoms with E-state index in [9.17, 15) is 0 Å². The molecule has 7 nitrogen and oxygen atoms in total. The average Bonchev–Trinajstić information content (AvgIpc) is 2.81. The fraction of sp³-hybridized carbons (Fsp3) is 0.700. The zero-order chi connectivity index (χ0) is 12.3. The van der Waals surface area contributed by atoms with Crippen LogP contribution < -0.4 is 15.5 Å². The summed E-state index contributed by atoms with van der Waals surface area (Å²) < 4.78 is 5.30. The predicted molar refractivity (Wildman–Crippen MR) is 66.5 cm³/mol. The Kier molecular flexibility index (Phi) is 3.58. The van der Waals surface area contributed by atoms with Crippen molar-refractivity contribution < 1.29 is 4.74 Å². The Bertz CT molecular complexity index is 377. The van der Waals surface area contributed by atoms with Crippen molar-refractivity contribution >= 4 is 17.8 Å². The van der Waals surface area contributed by atoms with Crippen molar-refractivity contribution in [1.29, 1.82) is 0 Å². The van der Waals surface area contributed by atoms with Gasteiger partial charge in [0.1, 0.15) is 0 Å². The molecule has 94 valence electrons. The Labute approximate surface area is 101 Å². The highest BCUT2D eigenvalue weighted by Crippen LogP contribution is 2.14. The summed E-state index contributed by atoms with van der Waals surface area (Å²) in [6.07, 6.45) is 0.984. The van der Waals surface area contributed by atoms with Gasteiger partial charge in [-0.3, -0.25) is 0 Å². The molecule has 1 saturated heterocycles. The first-order valence-corrected chi connectivity index (χ1v) is 5.64. The average molecular weight is 238 g/mol. The second-order valence-corrected chi connectivity index (χ2v) is 4.13. The van der Waals surface area contributed by atoms with Crippen molar-refractivity contribution in [2.75, 3.05) is 49.9 Å². The molecule has 2 N–H and O–H groups in total. The molecule has 0 aliphatic carbocycles. The first kappa shape index (κ1) is 11.8. The number of anilines is 3. The Balaban J connectivity index is 2.16. The number of nitrogens with zero attached hydrogens (tertiary/aromatic N) is 4. The molecule has 7 heteroatoms. The van der Waals surface area contributed by atoms with E-state index in [4.69, 9.17) is 4.74 Å². The van der Waals surface area contributed by atoms with Crippen LogP contribution in [0.3, 0.4) is 0 Å². The van der Waals surface area contributed by atoms with Crippen molar-refractivity contribution in [1.82, 2.24) is 15.0 Å². The van der Waals surface area contributed by atoms with Crippen molar-refractivity contribution in [3.63, 3.8) is 0 Å². The fourth-order valence-corrected chi connectivity index (χ4v) is 1.57. The standard InChI is InChI=1S/C10H18N6O/c1-11-8-13-9(12-7-4-5-17-6-7)15-10(14-8)16(2)3/h7H,4-6H2,1-3H3,(H2,11,12,13,14,15). The Hall–Kier alpha value is -1.63. The number of hydrogen-bond donors (Lipinski definition) is 2. The first-order valence-electron chi connectivity index (χ1n) is 5.64. The summed E-state index contributed by atoms with van der Waals surface area (Å²) in [6, 6.07) is 0.289. The maximum Gasteiger partial charge on any atom is 0.231 e. The number of rotatable bonds is 4. The minimum absolute atomic E-state index is 0.289. The van der Waals surface area contributed by atoms with Crippen LogP contribution in [0.5, 0.6) is 0 Å². The van der Waals surface area contributed by atoms with E-state index < -0.39 is 0 Å². The molecule has 17 heavy (non-hydrogen) atoms. The van der Waals surface area contributed by atoms with Gasteiger partial charge in [0.15, 0.2) is 0 Å². The van der Waals surface area contributed by atoms with E-state index in [0.29, 0.717) is 24.5 Å². The van der Waals surface area contributed by atoms with E-state index >= 15 is 0 Å². The first-order chi connectivity index (χ1) is 8.19. The molecule has 0 saturated carbocycles. The van der Waals surface area contributed by atoms with Crippen molar-refractivity contribution in [2.24, 2.45) is 0 Å². The van der Waals surface area contributed by atoms with Crippen LogP contribution in [0, 0.1) is 0 Å². The zero-order valence-corrected chi connectivity index (χ0v) is 10.4. The Morgan fingerprint density at radius 2 is 2.00 bits per heavy atom. The van der Waals surface area contributed by atoms with Gasteiger partial charge < -0.3 is 20.3 Å². The van der Waals surface area contributed by atoms with Gasteiger partial charge in [0.25, 0.3) is 0 Å². The third kappa shape index (κ3) is 2.94. The number of nitrogens with one attached hydrogen (secondary N) is 2. The molecule has 2 heterocycles. The van der Waals surface area contributed by atoms with E-state index in [1.807, 2.05) is 19.0 Å². The molecule has 1 aromatic rings. The molecule has 1 fully saturated rings. The summed E-state index contributed by atoms with van der Waals surface area (Å²) in [7, 11) is 5.59. The summed E-state index contributed by atoms with van der Waals surface area (Å²) in [6.45, 7) is 1.50. The summed E-state index contributed by atoms with van der Waals surface area (Å²) in [5.74, 6) is 1.78. The van der Waals surface area contributed by atoms with Crippen LogP contribution in [0.4, 0.5) is 17.8 Å². The normalized spacial score (nSPS) is 19.1. The number of ether oxygens (including phenoxy) is 1. The fourth-order valence-electron chi connectivity index (χ4n) is 1.57. The van der Waals surface area contributed by atoms with E-state index in [1.54, 1.807) is 7.05 Å². The van der Waals surface area contributed by atoms with Gasteiger partial charge in [0, 0.05) is 27.7 Å². The van der Waals surface area contributed by atoms with Crippen molar-refractivity contribution in [2.45, 2.75) is 12.5 Å². The van der Waals surface area contributed by atoms with Crippen LogP contribution in [-0.4, -0.2) is 55.4 Å². The molecule has 2 rings (SSSR count). The SMILES string of the molecule is CNc1nc(NC2CCOC2)nc(N(C)C)n1. The predicted octanol–water partition coefficient (Wildman–Crippen LogP) is 0.180. The van der Waals surface area contributed by atoms with E-state index in [2.05, 4.69) is 25.6 Å². The molecule has 1 aliphatic heterocycles. The minimum atomic E-state index is 0.289. The van der Waals surface area contributed by atoms with Gasteiger partial charge >= 0.3 is 0 Å². The third-order valence-electron chi connectivity index (χ3n) is 2.51. The van der Waals surface area contributed by atoms with Gasteiger partial charge in [0.2, 0.25) is 17.8 Å². The van der Waals surface area contributed by atoms with Gasteiger partial charge in [-0.05, 0) is 6.42 Å².